The van der Waals surface area contributed by atoms with E-state index in [1.165, 1.54) is 0 Å². The number of rotatable bonds is 6. The van der Waals surface area contributed by atoms with E-state index in [2.05, 4.69) is 182 Å². The summed E-state index contributed by atoms with van der Waals surface area (Å²) in [7, 11) is 0. The molecule has 4 heteroatoms. The second-order valence-electron chi connectivity index (χ2n) is 15.2. The molecule has 3 heterocycles. The number of fused-ring (bicyclic) bond motifs is 7. The van der Waals surface area contributed by atoms with E-state index in [0.29, 0.717) is 5.82 Å². The van der Waals surface area contributed by atoms with Gasteiger partial charge in [-0.05, 0) is 80.6 Å². The highest BCUT2D eigenvalue weighted by molar-refractivity contribution is 6.12. The van der Waals surface area contributed by atoms with Crippen LogP contribution in [0.3, 0.4) is 0 Å². The maximum Gasteiger partial charge on any atom is 0.161 e. The maximum absolute atomic E-state index is 6.64. The van der Waals surface area contributed by atoms with Gasteiger partial charge in [0.15, 0.2) is 5.82 Å². The average molecular weight is 767 g/mol. The Kier molecular flexibility index (Phi) is 7.82. The molecule has 0 aliphatic carbocycles. The topological polar surface area (TPSA) is 52.1 Å². The van der Waals surface area contributed by atoms with Crippen molar-refractivity contribution in [3.8, 4) is 67.3 Å². The number of para-hydroxylation sites is 4. The van der Waals surface area contributed by atoms with Gasteiger partial charge < -0.3 is 8.83 Å². The molecular weight excluding hydrogens is 733 g/mol. The molecule has 0 radical (unpaired) electrons. The average Bonchev–Trinajstić information content (AvgIpc) is 3.90. The van der Waals surface area contributed by atoms with E-state index in [9.17, 15) is 0 Å². The zero-order valence-corrected chi connectivity index (χ0v) is 32.3. The Morgan fingerprint density at radius 3 is 1.45 bits per heavy atom. The van der Waals surface area contributed by atoms with Crippen LogP contribution in [0.4, 0.5) is 0 Å². The summed E-state index contributed by atoms with van der Waals surface area (Å²) in [6, 6.07) is 72.0. The highest BCUT2D eigenvalue weighted by atomic mass is 16.3. The molecule has 280 valence electrons. The first-order valence-electron chi connectivity index (χ1n) is 20.2. The third-order valence-corrected chi connectivity index (χ3v) is 11.7. The van der Waals surface area contributed by atoms with Crippen molar-refractivity contribution >= 4 is 54.6 Å². The highest BCUT2D eigenvalue weighted by Crippen LogP contribution is 2.45. The van der Waals surface area contributed by atoms with Crippen molar-refractivity contribution in [3.63, 3.8) is 0 Å². The molecule has 0 spiro atoms. The molecule has 0 unspecified atom stereocenters. The van der Waals surface area contributed by atoms with Gasteiger partial charge in [0, 0.05) is 38.2 Å². The van der Waals surface area contributed by atoms with Crippen LogP contribution in [-0.4, -0.2) is 9.97 Å². The number of aromatic nitrogens is 2. The van der Waals surface area contributed by atoms with Gasteiger partial charge in [-0.15, -0.1) is 0 Å². The Labute approximate surface area is 345 Å². The van der Waals surface area contributed by atoms with Gasteiger partial charge in [-0.25, -0.2) is 9.97 Å². The minimum absolute atomic E-state index is 0.611. The van der Waals surface area contributed by atoms with Crippen LogP contribution >= 0.6 is 0 Å². The molecule has 0 amide bonds. The first-order chi connectivity index (χ1) is 29.7. The van der Waals surface area contributed by atoms with Gasteiger partial charge in [0.25, 0.3) is 0 Å². The molecule has 0 bridgehead atoms. The summed E-state index contributed by atoms with van der Waals surface area (Å²) in [5.74, 6) is 0.611. The van der Waals surface area contributed by atoms with Crippen LogP contribution in [0.25, 0.3) is 122 Å². The van der Waals surface area contributed by atoms with E-state index in [1.807, 2.05) is 24.3 Å². The highest BCUT2D eigenvalue weighted by Gasteiger charge is 2.23. The van der Waals surface area contributed by atoms with Crippen molar-refractivity contribution in [1.29, 1.82) is 0 Å². The predicted octanol–water partition coefficient (Wildman–Crippen LogP) is 15.4. The molecule has 0 saturated carbocycles. The monoisotopic (exact) mass is 766 g/mol. The first-order valence-corrected chi connectivity index (χ1v) is 20.2. The molecular formula is C56H34N2O2. The summed E-state index contributed by atoms with van der Waals surface area (Å²) in [6.07, 6.45) is 0. The normalized spacial score (nSPS) is 11.7. The second-order valence-corrected chi connectivity index (χ2v) is 15.2. The molecule has 0 aliphatic rings. The number of hydrogen-bond acceptors (Lipinski definition) is 4. The van der Waals surface area contributed by atoms with Crippen molar-refractivity contribution in [2.24, 2.45) is 0 Å². The molecule has 0 atom stereocenters. The van der Waals surface area contributed by atoms with Gasteiger partial charge in [-0.1, -0.05) is 170 Å². The van der Waals surface area contributed by atoms with E-state index < -0.39 is 0 Å². The van der Waals surface area contributed by atoms with Crippen LogP contribution < -0.4 is 0 Å². The molecule has 0 saturated heterocycles. The molecule has 0 fully saturated rings. The minimum atomic E-state index is 0.611. The second kappa shape index (κ2) is 13.8. The Morgan fingerprint density at radius 2 is 0.817 bits per heavy atom. The lowest BCUT2D eigenvalue weighted by Gasteiger charge is -2.18. The number of furan rings is 2. The first kappa shape index (κ1) is 34.0. The lowest BCUT2D eigenvalue weighted by molar-refractivity contribution is 0.669. The van der Waals surface area contributed by atoms with Crippen molar-refractivity contribution in [3.05, 3.63) is 206 Å². The smallest absolute Gasteiger partial charge is 0.161 e. The fraction of sp³-hybridized carbons (Fsp3) is 0. The lowest BCUT2D eigenvalue weighted by Crippen LogP contribution is -1.99. The van der Waals surface area contributed by atoms with E-state index in [1.54, 1.807) is 0 Å². The minimum Gasteiger partial charge on any atom is -0.455 e. The van der Waals surface area contributed by atoms with Crippen LogP contribution in [0, 0.1) is 0 Å². The van der Waals surface area contributed by atoms with Gasteiger partial charge in [0.1, 0.15) is 22.3 Å². The third-order valence-electron chi connectivity index (χ3n) is 11.7. The predicted molar refractivity (Wildman–Crippen MR) is 247 cm³/mol. The summed E-state index contributed by atoms with van der Waals surface area (Å²) in [4.78, 5) is 11.1. The summed E-state index contributed by atoms with van der Waals surface area (Å²) in [5.41, 5.74) is 14.2. The number of nitrogens with zero attached hydrogens (tertiary/aromatic N) is 2. The van der Waals surface area contributed by atoms with Gasteiger partial charge in [-0.2, -0.15) is 0 Å². The van der Waals surface area contributed by atoms with Gasteiger partial charge in [0.05, 0.1) is 11.4 Å². The molecule has 0 aliphatic heterocycles. The van der Waals surface area contributed by atoms with Crippen LogP contribution in [0.2, 0.25) is 0 Å². The molecule has 60 heavy (non-hydrogen) atoms. The van der Waals surface area contributed by atoms with Crippen LogP contribution in [0.15, 0.2) is 215 Å². The van der Waals surface area contributed by atoms with Crippen molar-refractivity contribution in [1.82, 2.24) is 9.97 Å². The molecule has 9 aromatic carbocycles. The van der Waals surface area contributed by atoms with Gasteiger partial charge in [0.2, 0.25) is 0 Å². The zero-order chi connectivity index (χ0) is 39.6. The zero-order valence-electron chi connectivity index (χ0n) is 32.3. The van der Waals surface area contributed by atoms with Crippen molar-refractivity contribution in [2.45, 2.75) is 0 Å². The van der Waals surface area contributed by atoms with Gasteiger partial charge in [-0.3, -0.25) is 0 Å². The fourth-order valence-electron chi connectivity index (χ4n) is 8.93. The van der Waals surface area contributed by atoms with Gasteiger partial charge >= 0.3 is 0 Å². The lowest BCUT2D eigenvalue weighted by atomic mass is 9.88. The van der Waals surface area contributed by atoms with Crippen LogP contribution in [-0.2, 0) is 0 Å². The van der Waals surface area contributed by atoms with E-state index in [4.69, 9.17) is 18.8 Å². The Bertz CT molecular complexity index is 3470. The number of hydrogen-bond donors (Lipinski definition) is 0. The molecule has 3 aromatic heterocycles. The standard InChI is InChI=1S/C56H34N2O2/c1-3-15-35(16-4-1)37-29-31-40-38(33-37)30-32-44(41-20-8-7-19-39(41)36-17-5-2-6-18-36)53(40)56-57-49(47-25-13-23-45-42-21-9-11-27-51(42)59-54(45)47)34-50(58-56)48-26-14-24-46-43-22-10-12-28-52(43)60-55(46)48/h1-34H. The summed E-state index contributed by atoms with van der Waals surface area (Å²) < 4.78 is 13.3. The maximum atomic E-state index is 6.64. The Morgan fingerprint density at radius 1 is 0.300 bits per heavy atom. The molecule has 12 aromatic rings. The number of benzene rings is 9. The van der Waals surface area contributed by atoms with E-state index in [-0.39, 0.29) is 0 Å². The molecule has 4 nitrogen and oxygen atoms in total. The molecule has 0 N–H and O–H groups in total. The Balaban J connectivity index is 1.18. The third kappa shape index (κ3) is 5.53. The quantitative estimate of drug-likeness (QED) is 0.169. The summed E-state index contributed by atoms with van der Waals surface area (Å²) in [6.45, 7) is 0. The summed E-state index contributed by atoms with van der Waals surface area (Å²) >= 11 is 0. The summed E-state index contributed by atoms with van der Waals surface area (Å²) in [5, 5.41) is 6.38. The van der Waals surface area contributed by atoms with Crippen LogP contribution in [0.5, 0.6) is 0 Å². The van der Waals surface area contributed by atoms with Crippen molar-refractivity contribution in [2.75, 3.05) is 0 Å². The van der Waals surface area contributed by atoms with E-state index in [0.717, 1.165) is 116 Å². The molecule has 12 rings (SSSR count). The Hall–Kier alpha value is -8.08. The van der Waals surface area contributed by atoms with Crippen molar-refractivity contribution < 1.29 is 8.83 Å². The van der Waals surface area contributed by atoms with E-state index >= 15 is 0 Å². The van der Waals surface area contributed by atoms with Crippen LogP contribution in [0.1, 0.15) is 0 Å². The SMILES string of the molecule is c1ccc(-c2ccc3c(-c4nc(-c5cccc6c5oc5ccccc56)cc(-c5cccc6c5oc5ccccc56)n4)c(-c4ccccc4-c4ccccc4)ccc3c2)cc1. The fourth-order valence-corrected chi connectivity index (χ4v) is 8.93. The largest absolute Gasteiger partial charge is 0.455 e.